The standard InChI is InChI=1S/C19H22N4O3S2/c1-10-6-7-14-17(10)21-15-5-3-4-13(15)18(14)22-19(25)23-28(20,26)16-8-12(9-27-16)11(2)24/h8-10H,3-7H2,1-2H3,(H3,20,21,22,23,25,26)/t10-,28?/m1/s1. The van der Waals surface area contributed by atoms with Gasteiger partial charge in [0.1, 0.15) is 4.21 Å². The number of rotatable bonds is 3. The number of nitrogens with one attached hydrogen (secondary N) is 1. The molecule has 2 aliphatic rings. The number of hydrogen-bond acceptors (Lipinski definition) is 5. The number of anilines is 1. The number of fused-ring (bicyclic) bond motifs is 2. The summed E-state index contributed by atoms with van der Waals surface area (Å²) in [7, 11) is -3.42. The van der Waals surface area contributed by atoms with E-state index in [4.69, 9.17) is 10.1 Å². The SMILES string of the molecule is CC(=O)c1csc(S(N)(=O)=NC(=O)Nc2c3c(nc4c2CC[C@H]4C)CCC3)c1. The third-order valence-corrected chi connectivity index (χ3v) is 8.23. The molecule has 0 aromatic carbocycles. The van der Waals surface area contributed by atoms with Gasteiger partial charge in [-0.05, 0) is 62.1 Å². The molecule has 2 aliphatic carbocycles. The molecule has 0 spiro atoms. The Hall–Kier alpha value is -2.10. The Labute approximate surface area is 168 Å². The molecule has 0 radical (unpaired) electrons. The smallest absolute Gasteiger partial charge is 0.305 e. The van der Waals surface area contributed by atoms with Gasteiger partial charge in [-0.25, -0.2) is 14.1 Å². The first-order valence-electron chi connectivity index (χ1n) is 9.26. The summed E-state index contributed by atoms with van der Waals surface area (Å²) < 4.78 is 16.7. The number of nitrogens with two attached hydrogens (primary N) is 1. The van der Waals surface area contributed by atoms with Gasteiger partial charge in [-0.2, -0.15) is 0 Å². The van der Waals surface area contributed by atoms with Crippen LogP contribution in [0.3, 0.4) is 0 Å². The van der Waals surface area contributed by atoms with E-state index in [1.807, 2.05) is 0 Å². The van der Waals surface area contributed by atoms with Crippen molar-refractivity contribution in [1.29, 1.82) is 0 Å². The summed E-state index contributed by atoms with van der Waals surface area (Å²) in [5.74, 6) is 0.211. The van der Waals surface area contributed by atoms with Gasteiger partial charge in [-0.1, -0.05) is 6.92 Å². The van der Waals surface area contributed by atoms with Crippen molar-refractivity contribution in [3.63, 3.8) is 0 Å². The largest absolute Gasteiger partial charge is 0.354 e. The molecular weight excluding hydrogens is 396 g/mol. The van der Waals surface area contributed by atoms with Gasteiger partial charge < -0.3 is 5.32 Å². The van der Waals surface area contributed by atoms with Crippen molar-refractivity contribution in [3.05, 3.63) is 39.5 Å². The molecule has 28 heavy (non-hydrogen) atoms. The summed E-state index contributed by atoms with van der Waals surface area (Å²) in [6, 6.07) is 0.711. The Morgan fingerprint density at radius 2 is 2.11 bits per heavy atom. The number of pyridine rings is 1. The van der Waals surface area contributed by atoms with Crippen LogP contribution in [0, 0.1) is 0 Å². The minimum absolute atomic E-state index is 0.154. The lowest BCUT2D eigenvalue weighted by Crippen LogP contribution is -2.18. The first-order chi connectivity index (χ1) is 13.3. The van der Waals surface area contributed by atoms with Crippen LogP contribution in [0.4, 0.5) is 10.5 Å². The number of thiophene rings is 1. The normalized spacial score (nSPS) is 19.6. The van der Waals surface area contributed by atoms with E-state index in [1.165, 1.54) is 13.0 Å². The van der Waals surface area contributed by atoms with E-state index in [0.717, 1.165) is 71.6 Å². The summed E-state index contributed by atoms with van der Waals surface area (Å²) in [6.45, 7) is 3.56. The molecule has 0 saturated carbocycles. The van der Waals surface area contributed by atoms with Crippen LogP contribution < -0.4 is 10.5 Å². The van der Waals surface area contributed by atoms with Crippen LogP contribution in [-0.2, 0) is 29.2 Å². The van der Waals surface area contributed by atoms with Crippen molar-refractivity contribution in [2.45, 2.75) is 56.1 Å². The highest BCUT2D eigenvalue weighted by Crippen LogP contribution is 2.41. The number of ketones is 1. The van der Waals surface area contributed by atoms with Gasteiger partial charge in [0, 0.05) is 22.3 Å². The van der Waals surface area contributed by atoms with Gasteiger partial charge >= 0.3 is 6.03 Å². The fraction of sp³-hybridized carbons (Fsp3) is 0.421. The second-order valence-corrected chi connectivity index (χ2v) is 10.3. The van der Waals surface area contributed by atoms with Crippen molar-refractivity contribution in [1.82, 2.24) is 4.98 Å². The molecule has 2 aromatic heterocycles. The number of aromatic nitrogens is 1. The van der Waals surface area contributed by atoms with E-state index in [0.29, 0.717) is 11.5 Å². The van der Waals surface area contributed by atoms with Crippen molar-refractivity contribution in [3.8, 4) is 0 Å². The summed E-state index contributed by atoms with van der Waals surface area (Å²) in [6.07, 6.45) is 4.64. The van der Waals surface area contributed by atoms with Crippen LogP contribution in [0.2, 0.25) is 0 Å². The monoisotopic (exact) mass is 418 g/mol. The fourth-order valence-electron chi connectivity index (χ4n) is 3.91. The molecular formula is C19H22N4O3S2. The third-order valence-electron chi connectivity index (χ3n) is 5.37. The van der Waals surface area contributed by atoms with Crippen LogP contribution in [-0.4, -0.2) is 21.0 Å². The highest BCUT2D eigenvalue weighted by Gasteiger charge is 2.30. The van der Waals surface area contributed by atoms with E-state index < -0.39 is 15.9 Å². The van der Waals surface area contributed by atoms with Crippen LogP contribution in [0.5, 0.6) is 0 Å². The number of urea groups is 1. The molecule has 2 amide bonds. The van der Waals surface area contributed by atoms with Gasteiger partial charge in [0.2, 0.25) is 0 Å². The lowest BCUT2D eigenvalue weighted by atomic mass is 10.0. The molecule has 9 heteroatoms. The van der Waals surface area contributed by atoms with Gasteiger partial charge in [-0.15, -0.1) is 15.7 Å². The summed E-state index contributed by atoms with van der Waals surface area (Å²) in [5, 5.41) is 10.3. The summed E-state index contributed by atoms with van der Waals surface area (Å²) >= 11 is 1.07. The number of Topliss-reactive ketones (excluding diaryl/α,β-unsaturated/α-hetero) is 1. The minimum Gasteiger partial charge on any atom is -0.305 e. The predicted octanol–water partition coefficient (Wildman–Crippen LogP) is 3.82. The maximum atomic E-state index is 12.8. The average molecular weight is 419 g/mol. The number of hydrogen-bond donors (Lipinski definition) is 2. The van der Waals surface area contributed by atoms with Crippen molar-refractivity contribution < 1.29 is 13.8 Å². The Kier molecular flexibility index (Phi) is 4.84. The Bertz CT molecular complexity index is 1110. The van der Waals surface area contributed by atoms with E-state index in [1.54, 1.807) is 5.38 Å². The number of amides is 2. The first-order valence-corrected chi connectivity index (χ1v) is 11.7. The van der Waals surface area contributed by atoms with E-state index in [9.17, 15) is 13.8 Å². The molecule has 2 heterocycles. The predicted molar refractivity (Wildman–Crippen MR) is 109 cm³/mol. The summed E-state index contributed by atoms with van der Waals surface area (Å²) in [4.78, 5) is 28.9. The van der Waals surface area contributed by atoms with E-state index in [-0.39, 0.29) is 9.99 Å². The van der Waals surface area contributed by atoms with Crippen molar-refractivity contribution >= 4 is 38.8 Å². The second-order valence-electron chi connectivity index (χ2n) is 7.37. The minimum atomic E-state index is -3.42. The lowest BCUT2D eigenvalue weighted by Gasteiger charge is -2.15. The molecule has 3 N–H and O–H groups in total. The Morgan fingerprint density at radius 1 is 1.32 bits per heavy atom. The zero-order valence-electron chi connectivity index (χ0n) is 15.8. The van der Waals surface area contributed by atoms with Gasteiger partial charge in [0.15, 0.2) is 15.7 Å². The van der Waals surface area contributed by atoms with Gasteiger partial charge in [-0.3, -0.25) is 9.78 Å². The van der Waals surface area contributed by atoms with Crippen LogP contribution >= 0.6 is 11.3 Å². The molecule has 0 saturated heterocycles. The maximum absolute atomic E-state index is 12.8. The second kappa shape index (κ2) is 7.06. The lowest BCUT2D eigenvalue weighted by molar-refractivity contribution is 0.101. The highest BCUT2D eigenvalue weighted by molar-refractivity contribution is 7.93. The molecule has 0 aliphatic heterocycles. The molecule has 2 atom stereocenters. The molecule has 0 bridgehead atoms. The number of nitrogens with zero attached hydrogens (tertiary/aromatic N) is 2. The van der Waals surface area contributed by atoms with Gasteiger partial charge in [0.25, 0.3) is 0 Å². The quantitative estimate of drug-likeness (QED) is 0.737. The zero-order valence-corrected chi connectivity index (χ0v) is 17.4. The number of carbonyl (C=O) groups is 2. The molecule has 1 unspecified atom stereocenters. The number of aryl methyl sites for hydroxylation is 1. The summed E-state index contributed by atoms with van der Waals surface area (Å²) in [5.41, 5.74) is 5.41. The maximum Gasteiger partial charge on any atom is 0.354 e. The molecule has 2 aromatic rings. The first kappa shape index (κ1) is 19.2. The van der Waals surface area contributed by atoms with Crippen molar-refractivity contribution in [2.24, 2.45) is 9.50 Å². The average Bonchev–Trinajstić information content (AvgIpc) is 3.34. The van der Waals surface area contributed by atoms with E-state index in [2.05, 4.69) is 16.6 Å². The topological polar surface area (TPSA) is 115 Å². The molecule has 0 fully saturated rings. The zero-order chi connectivity index (χ0) is 20.1. The van der Waals surface area contributed by atoms with Crippen molar-refractivity contribution in [2.75, 3.05) is 5.32 Å². The molecule has 4 rings (SSSR count). The Morgan fingerprint density at radius 3 is 2.82 bits per heavy atom. The highest BCUT2D eigenvalue weighted by atomic mass is 32.2. The van der Waals surface area contributed by atoms with E-state index >= 15 is 0 Å². The van der Waals surface area contributed by atoms with Crippen LogP contribution in [0.25, 0.3) is 0 Å². The number of carbonyl (C=O) groups excluding carboxylic acids is 2. The molecule has 148 valence electrons. The third kappa shape index (κ3) is 3.38. The van der Waals surface area contributed by atoms with Gasteiger partial charge in [0.05, 0.1) is 5.69 Å². The van der Waals surface area contributed by atoms with Crippen LogP contribution in [0.15, 0.2) is 20.0 Å². The molecule has 7 nitrogen and oxygen atoms in total. The Balaban J connectivity index is 1.67. The fourth-order valence-corrected chi connectivity index (χ4v) is 6.06. The van der Waals surface area contributed by atoms with Crippen LogP contribution in [0.1, 0.15) is 65.5 Å².